The maximum atomic E-state index is 13.7. The molecule has 2 rings (SSSR count). The highest BCUT2D eigenvalue weighted by Gasteiger charge is 2.42. The van der Waals surface area contributed by atoms with Crippen LogP contribution in [0.3, 0.4) is 0 Å². The summed E-state index contributed by atoms with van der Waals surface area (Å²) in [7, 11) is 1.23. The Balaban J connectivity index is 2.14. The van der Waals surface area contributed by atoms with Gasteiger partial charge in [-0.15, -0.1) is 0 Å². The first-order chi connectivity index (χ1) is 19.0. The lowest BCUT2D eigenvalue weighted by Gasteiger charge is -2.35. The number of nitrogens with zero attached hydrogens (tertiary/aromatic N) is 2. The van der Waals surface area contributed by atoms with Gasteiger partial charge in [0.05, 0.1) is 26.2 Å². The second-order valence-electron chi connectivity index (χ2n) is 11.4. The van der Waals surface area contributed by atoms with Crippen molar-refractivity contribution in [2.75, 3.05) is 33.4 Å². The number of nitrogens with one attached hydrogen (secondary N) is 3. The molecular weight excluding hydrogens is 516 g/mol. The number of methoxy groups -OCH3 is 1. The Kier molecular flexibility index (Phi) is 13.7. The van der Waals surface area contributed by atoms with Gasteiger partial charge >= 0.3 is 5.97 Å². The highest BCUT2D eigenvalue weighted by molar-refractivity contribution is 5.95. The number of amides is 3. The Morgan fingerprint density at radius 2 is 1.80 bits per heavy atom. The van der Waals surface area contributed by atoms with Gasteiger partial charge in [0.2, 0.25) is 17.7 Å². The largest absolute Gasteiger partial charge is 0.469 e. The minimum Gasteiger partial charge on any atom is -0.469 e. The molecule has 2 saturated heterocycles. The van der Waals surface area contributed by atoms with E-state index in [2.05, 4.69) is 10.6 Å². The SMILES string of the molecule is CCCC(CCC)C(=O)N[C@@H](CC(=O)OC)C(=O)N1C[C@@H](C)CC1C(=O)NC(CO)CC1CCCN(C(=N)N)C1. The molecule has 12 nitrogen and oxygen atoms in total. The van der Waals surface area contributed by atoms with Crippen molar-refractivity contribution < 1.29 is 29.0 Å². The lowest BCUT2D eigenvalue weighted by molar-refractivity contribution is -0.147. The van der Waals surface area contributed by atoms with Crippen LogP contribution in [-0.2, 0) is 23.9 Å². The van der Waals surface area contributed by atoms with Crippen molar-refractivity contribution in [3.05, 3.63) is 0 Å². The Morgan fingerprint density at radius 3 is 2.38 bits per heavy atom. The van der Waals surface area contributed by atoms with Crippen LogP contribution in [0, 0.1) is 23.2 Å². The molecule has 40 heavy (non-hydrogen) atoms. The highest BCUT2D eigenvalue weighted by Crippen LogP contribution is 2.26. The van der Waals surface area contributed by atoms with Crippen LogP contribution in [0.25, 0.3) is 0 Å². The zero-order chi connectivity index (χ0) is 29.8. The number of carbonyl (C=O) groups is 4. The van der Waals surface area contributed by atoms with Crippen molar-refractivity contribution in [2.45, 2.75) is 96.7 Å². The van der Waals surface area contributed by atoms with Gasteiger partial charge in [0.15, 0.2) is 5.96 Å². The number of nitrogens with two attached hydrogens (primary N) is 1. The summed E-state index contributed by atoms with van der Waals surface area (Å²) in [5.41, 5.74) is 5.65. The van der Waals surface area contributed by atoms with Crippen LogP contribution in [0.15, 0.2) is 0 Å². The normalized spacial score (nSPS) is 22.5. The maximum Gasteiger partial charge on any atom is 0.308 e. The first-order valence-corrected chi connectivity index (χ1v) is 14.7. The summed E-state index contributed by atoms with van der Waals surface area (Å²) in [5, 5.41) is 23.4. The van der Waals surface area contributed by atoms with Crippen LogP contribution in [0.1, 0.15) is 78.6 Å². The number of likely N-dealkylation sites (tertiary alicyclic amines) is 2. The van der Waals surface area contributed by atoms with E-state index in [0.29, 0.717) is 38.8 Å². The third-order valence-electron chi connectivity index (χ3n) is 8.00. The van der Waals surface area contributed by atoms with Gasteiger partial charge in [-0.1, -0.05) is 33.6 Å². The van der Waals surface area contributed by atoms with Crippen molar-refractivity contribution in [2.24, 2.45) is 23.5 Å². The minimum atomic E-state index is -1.13. The molecule has 0 aromatic heterocycles. The van der Waals surface area contributed by atoms with E-state index in [1.54, 1.807) is 4.90 Å². The molecule has 228 valence electrons. The monoisotopic (exact) mass is 566 g/mol. The van der Waals surface area contributed by atoms with E-state index in [0.717, 1.165) is 32.2 Å². The predicted octanol–water partition coefficient (Wildman–Crippen LogP) is 0.960. The van der Waals surface area contributed by atoms with Crippen LogP contribution in [0.5, 0.6) is 0 Å². The summed E-state index contributed by atoms with van der Waals surface area (Å²) >= 11 is 0. The zero-order valence-electron chi connectivity index (χ0n) is 24.6. The molecule has 0 radical (unpaired) electrons. The van der Waals surface area contributed by atoms with Crippen molar-refractivity contribution in [3.63, 3.8) is 0 Å². The standard InChI is InChI=1S/C28H50N6O6/c1-5-8-20(9-6-2)25(37)32-22(14-24(36)40-4)27(39)34-15-18(3)12-23(34)26(38)31-21(17-35)13-19-10-7-11-33(16-19)28(29)30/h18-23,35H,5-17H2,1-4H3,(H3,29,30)(H,31,38)(H,32,37)/t18-,19?,21?,22-,23?/m0/s1. The van der Waals surface area contributed by atoms with Gasteiger partial charge in [0.25, 0.3) is 0 Å². The summed E-state index contributed by atoms with van der Waals surface area (Å²) < 4.78 is 4.80. The fourth-order valence-electron chi connectivity index (χ4n) is 5.94. The summed E-state index contributed by atoms with van der Waals surface area (Å²) in [5.74, 6) is -1.79. The molecule has 0 aromatic carbocycles. The number of esters is 1. The van der Waals surface area contributed by atoms with Crippen LogP contribution in [0.2, 0.25) is 0 Å². The molecule has 2 aliphatic heterocycles. The summed E-state index contributed by atoms with van der Waals surface area (Å²) in [6.07, 6.45) is 5.43. The van der Waals surface area contributed by atoms with Gasteiger partial charge in [-0.05, 0) is 50.4 Å². The van der Waals surface area contributed by atoms with Gasteiger partial charge < -0.3 is 36.0 Å². The van der Waals surface area contributed by atoms with Crippen LogP contribution >= 0.6 is 0 Å². The third-order valence-corrected chi connectivity index (χ3v) is 8.00. The number of hydrogen-bond acceptors (Lipinski definition) is 7. The molecule has 0 spiro atoms. The van der Waals surface area contributed by atoms with E-state index in [1.807, 2.05) is 20.8 Å². The number of aliphatic hydroxyl groups is 1. The number of piperidine rings is 1. The molecule has 5 atom stereocenters. The molecule has 0 saturated carbocycles. The first-order valence-electron chi connectivity index (χ1n) is 14.7. The molecule has 2 heterocycles. The Bertz CT molecular complexity index is 879. The minimum absolute atomic E-state index is 0.0210. The molecule has 12 heteroatoms. The van der Waals surface area contributed by atoms with Gasteiger partial charge in [-0.2, -0.15) is 0 Å². The van der Waals surface area contributed by atoms with E-state index in [4.69, 9.17) is 15.9 Å². The predicted molar refractivity (Wildman–Crippen MR) is 151 cm³/mol. The highest BCUT2D eigenvalue weighted by atomic mass is 16.5. The summed E-state index contributed by atoms with van der Waals surface area (Å²) in [4.78, 5) is 55.7. The van der Waals surface area contributed by atoms with Crippen LogP contribution in [0.4, 0.5) is 0 Å². The average molecular weight is 567 g/mol. The molecular formula is C28H50N6O6. The van der Waals surface area contributed by atoms with Gasteiger partial charge in [0, 0.05) is 25.6 Å². The quantitative estimate of drug-likeness (QED) is 0.117. The number of guanidine groups is 1. The molecule has 3 amide bonds. The van der Waals surface area contributed by atoms with Crippen LogP contribution in [-0.4, -0.2) is 96.0 Å². The van der Waals surface area contributed by atoms with Crippen molar-refractivity contribution in [1.82, 2.24) is 20.4 Å². The second kappa shape index (κ2) is 16.4. The van der Waals surface area contributed by atoms with Gasteiger partial charge in [-0.3, -0.25) is 24.6 Å². The van der Waals surface area contributed by atoms with E-state index in [9.17, 15) is 24.3 Å². The number of ether oxygens (including phenoxy) is 1. The van der Waals surface area contributed by atoms with Crippen molar-refractivity contribution in [1.29, 1.82) is 5.41 Å². The lowest BCUT2D eigenvalue weighted by atomic mass is 9.91. The zero-order valence-corrected chi connectivity index (χ0v) is 24.6. The van der Waals surface area contributed by atoms with E-state index in [-0.39, 0.29) is 48.6 Å². The molecule has 3 unspecified atom stereocenters. The Morgan fingerprint density at radius 1 is 1.12 bits per heavy atom. The summed E-state index contributed by atoms with van der Waals surface area (Å²) in [6, 6.07) is -2.42. The third kappa shape index (κ3) is 9.64. The lowest BCUT2D eigenvalue weighted by Crippen LogP contribution is -2.56. The number of carbonyl (C=O) groups excluding carboxylic acids is 4. The Labute approximate surface area is 238 Å². The number of rotatable bonds is 14. The Hall–Kier alpha value is -2.89. The van der Waals surface area contributed by atoms with Gasteiger partial charge in [-0.25, -0.2) is 0 Å². The van der Waals surface area contributed by atoms with Crippen molar-refractivity contribution in [3.8, 4) is 0 Å². The molecule has 2 aliphatic rings. The first kappa shape index (κ1) is 33.3. The molecule has 2 fully saturated rings. The average Bonchev–Trinajstić information content (AvgIpc) is 3.33. The topological polar surface area (TPSA) is 178 Å². The smallest absolute Gasteiger partial charge is 0.308 e. The molecule has 6 N–H and O–H groups in total. The molecule has 0 aromatic rings. The van der Waals surface area contributed by atoms with E-state index in [1.165, 1.54) is 12.0 Å². The summed E-state index contributed by atoms with van der Waals surface area (Å²) in [6.45, 7) is 7.32. The maximum absolute atomic E-state index is 13.7. The fourth-order valence-corrected chi connectivity index (χ4v) is 5.94. The number of hydrogen-bond donors (Lipinski definition) is 5. The fraction of sp³-hybridized carbons (Fsp3) is 0.821. The molecule has 0 aliphatic carbocycles. The number of aliphatic hydroxyl groups excluding tert-OH is 1. The second-order valence-corrected chi connectivity index (χ2v) is 11.4. The van der Waals surface area contributed by atoms with Crippen LogP contribution < -0.4 is 16.4 Å². The van der Waals surface area contributed by atoms with E-state index >= 15 is 0 Å². The van der Waals surface area contributed by atoms with Crippen molar-refractivity contribution >= 4 is 29.7 Å². The molecule has 0 bridgehead atoms. The van der Waals surface area contributed by atoms with Gasteiger partial charge in [0.1, 0.15) is 12.1 Å². The van der Waals surface area contributed by atoms with E-state index < -0.39 is 30.0 Å².